The maximum atomic E-state index is 12.2. The summed E-state index contributed by atoms with van der Waals surface area (Å²) < 4.78 is 5.72. The van der Waals surface area contributed by atoms with E-state index in [1.54, 1.807) is 6.07 Å². The molecule has 25 heavy (non-hydrogen) atoms. The number of rotatable bonds is 7. The SMILES string of the molecule is C[C@H](c1nc2ccccc2c(=O)[nH]1)N(C)CCCOc1ccccc1. The molecule has 0 bridgehead atoms. The molecular formula is C20H23N3O2. The summed E-state index contributed by atoms with van der Waals surface area (Å²) in [5.41, 5.74) is 0.641. The third-order valence-electron chi connectivity index (χ3n) is 4.36. The molecule has 0 fully saturated rings. The third kappa shape index (κ3) is 4.25. The highest BCUT2D eigenvalue weighted by Gasteiger charge is 2.15. The van der Waals surface area contributed by atoms with E-state index in [0.717, 1.165) is 24.2 Å². The summed E-state index contributed by atoms with van der Waals surface area (Å²) in [5.74, 6) is 1.58. The minimum absolute atomic E-state index is 0.0223. The van der Waals surface area contributed by atoms with Crippen LogP contribution in [0.5, 0.6) is 5.75 Å². The molecule has 0 spiro atoms. The molecule has 3 aromatic rings. The molecule has 1 atom stereocenters. The molecular weight excluding hydrogens is 314 g/mol. The normalized spacial score (nSPS) is 12.4. The Morgan fingerprint density at radius 1 is 1.12 bits per heavy atom. The largest absolute Gasteiger partial charge is 0.494 e. The van der Waals surface area contributed by atoms with Crippen molar-refractivity contribution in [2.24, 2.45) is 0 Å². The van der Waals surface area contributed by atoms with Gasteiger partial charge in [-0.25, -0.2) is 4.98 Å². The average molecular weight is 337 g/mol. The zero-order valence-corrected chi connectivity index (χ0v) is 14.6. The number of nitrogens with zero attached hydrogens (tertiary/aromatic N) is 2. The highest BCUT2D eigenvalue weighted by atomic mass is 16.5. The summed E-state index contributed by atoms with van der Waals surface area (Å²) in [5, 5.41) is 0.623. The lowest BCUT2D eigenvalue weighted by atomic mass is 10.2. The van der Waals surface area contributed by atoms with E-state index in [-0.39, 0.29) is 11.6 Å². The lowest BCUT2D eigenvalue weighted by molar-refractivity contribution is 0.220. The monoisotopic (exact) mass is 337 g/mol. The number of nitrogens with one attached hydrogen (secondary N) is 1. The minimum Gasteiger partial charge on any atom is -0.494 e. The fraction of sp³-hybridized carbons (Fsp3) is 0.300. The molecule has 0 saturated carbocycles. The van der Waals surface area contributed by atoms with Gasteiger partial charge in [0.1, 0.15) is 11.6 Å². The molecule has 2 aromatic carbocycles. The zero-order valence-electron chi connectivity index (χ0n) is 14.6. The van der Waals surface area contributed by atoms with Crippen LogP contribution < -0.4 is 10.3 Å². The van der Waals surface area contributed by atoms with Crippen LogP contribution >= 0.6 is 0 Å². The number of ether oxygens (including phenoxy) is 1. The van der Waals surface area contributed by atoms with Gasteiger partial charge in [-0.2, -0.15) is 0 Å². The topological polar surface area (TPSA) is 58.2 Å². The van der Waals surface area contributed by atoms with Gasteiger partial charge in [0.25, 0.3) is 5.56 Å². The quantitative estimate of drug-likeness (QED) is 0.672. The van der Waals surface area contributed by atoms with Crippen molar-refractivity contribution in [2.45, 2.75) is 19.4 Å². The van der Waals surface area contributed by atoms with Gasteiger partial charge in [0, 0.05) is 6.54 Å². The van der Waals surface area contributed by atoms with Gasteiger partial charge in [0.2, 0.25) is 0 Å². The lowest BCUT2D eigenvalue weighted by Crippen LogP contribution is -2.28. The molecule has 3 rings (SSSR count). The fourth-order valence-corrected chi connectivity index (χ4v) is 2.73. The van der Waals surface area contributed by atoms with Gasteiger partial charge in [-0.1, -0.05) is 30.3 Å². The van der Waals surface area contributed by atoms with Gasteiger partial charge in [0.15, 0.2) is 0 Å². The van der Waals surface area contributed by atoms with Gasteiger partial charge in [-0.05, 0) is 44.7 Å². The number of hydrogen-bond donors (Lipinski definition) is 1. The highest BCUT2D eigenvalue weighted by Crippen LogP contribution is 2.16. The first-order valence-corrected chi connectivity index (χ1v) is 8.52. The van der Waals surface area contributed by atoms with Crippen LogP contribution in [0.2, 0.25) is 0 Å². The molecule has 130 valence electrons. The number of aromatic nitrogens is 2. The average Bonchev–Trinajstić information content (AvgIpc) is 2.65. The summed E-state index contributed by atoms with van der Waals surface area (Å²) in [6.07, 6.45) is 0.896. The summed E-state index contributed by atoms with van der Waals surface area (Å²) in [6, 6.07) is 17.2. The van der Waals surface area contributed by atoms with Crippen molar-refractivity contribution in [3.05, 3.63) is 70.8 Å². The Morgan fingerprint density at radius 3 is 2.64 bits per heavy atom. The number of H-pyrrole nitrogens is 1. The van der Waals surface area contributed by atoms with E-state index >= 15 is 0 Å². The molecule has 0 aliphatic carbocycles. The highest BCUT2D eigenvalue weighted by molar-refractivity contribution is 5.77. The second kappa shape index (κ2) is 7.94. The smallest absolute Gasteiger partial charge is 0.258 e. The number of aromatic amines is 1. The van der Waals surface area contributed by atoms with Crippen molar-refractivity contribution < 1.29 is 4.74 Å². The van der Waals surface area contributed by atoms with Gasteiger partial charge in [-0.3, -0.25) is 9.69 Å². The molecule has 5 nitrogen and oxygen atoms in total. The fourth-order valence-electron chi connectivity index (χ4n) is 2.73. The van der Waals surface area contributed by atoms with Crippen molar-refractivity contribution in [3.8, 4) is 5.75 Å². The summed E-state index contributed by atoms with van der Waals surface area (Å²) >= 11 is 0. The first-order chi connectivity index (χ1) is 12.1. The van der Waals surface area contributed by atoms with E-state index in [0.29, 0.717) is 17.8 Å². The molecule has 0 unspecified atom stereocenters. The van der Waals surface area contributed by atoms with Crippen LogP contribution in [0, 0.1) is 0 Å². The summed E-state index contributed by atoms with van der Waals surface area (Å²) in [7, 11) is 2.03. The number of para-hydroxylation sites is 2. The van der Waals surface area contributed by atoms with Crippen molar-refractivity contribution >= 4 is 10.9 Å². The van der Waals surface area contributed by atoms with Crippen LogP contribution in [-0.2, 0) is 0 Å². The van der Waals surface area contributed by atoms with Crippen LogP contribution in [0.25, 0.3) is 10.9 Å². The Kier molecular flexibility index (Phi) is 5.46. The standard InChI is InChI=1S/C20H23N3O2/c1-15(19-21-18-12-7-6-11-17(18)20(24)22-19)23(2)13-8-14-25-16-9-4-3-5-10-16/h3-7,9-12,15H,8,13-14H2,1-2H3,(H,21,22,24)/t15-/m1/s1. The summed E-state index contributed by atoms with van der Waals surface area (Å²) in [4.78, 5) is 21.9. The summed E-state index contributed by atoms with van der Waals surface area (Å²) in [6.45, 7) is 3.55. The first-order valence-electron chi connectivity index (χ1n) is 8.52. The van der Waals surface area contributed by atoms with E-state index in [9.17, 15) is 4.79 Å². The third-order valence-corrected chi connectivity index (χ3v) is 4.36. The second-order valence-corrected chi connectivity index (χ2v) is 6.14. The van der Waals surface area contributed by atoms with E-state index < -0.39 is 0 Å². The number of benzene rings is 2. The molecule has 0 aliphatic heterocycles. The Labute approximate surface area is 147 Å². The van der Waals surface area contributed by atoms with Crippen LogP contribution in [0.1, 0.15) is 25.2 Å². The number of hydrogen-bond acceptors (Lipinski definition) is 4. The van der Waals surface area contributed by atoms with Crippen LogP contribution in [0.4, 0.5) is 0 Å². The van der Waals surface area contributed by atoms with Gasteiger partial charge < -0.3 is 9.72 Å². The molecule has 1 aromatic heterocycles. The number of fused-ring (bicyclic) bond motifs is 1. The zero-order chi connectivity index (χ0) is 17.6. The van der Waals surface area contributed by atoms with Crippen molar-refractivity contribution in [1.29, 1.82) is 0 Å². The Morgan fingerprint density at radius 2 is 1.84 bits per heavy atom. The van der Waals surface area contributed by atoms with Crippen molar-refractivity contribution in [2.75, 3.05) is 20.2 Å². The molecule has 1 heterocycles. The van der Waals surface area contributed by atoms with Gasteiger partial charge in [0.05, 0.1) is 23.6 Å². The first kappa shape index (κ1) is 17.2. The Hall–Kier alpha value is -2.66. The van der Waals surface area contributed by atoms with E-state index in [2.05, 4.69) is 14.9 Å². The van der Waals surface area contributed by atoms with Crippen molar-refractivity contribution in [1.82, 2.24) is 14.9 Å². The molecule has 0 amide bonds. The molecule has 1 N–H and O–H groups in total. The predicted octanol–water partition coefficient (Wildman–Crippen LogP) is 3.39. The minimum atomic E-state index is -0.0896. The predicted molar refractivity (Wildman–Crippen MR) is 100.0 cm³/mol. The van der Waals surface area contributed by atoms with E-state index in [4.69, 9.17) is 4.74 Å². The Bertz CT molecular complexity index is 877. The van der Waals surface area contributed by atoms with E-state index in [1.807, 2.05) is 62.5 Å². The molecule has 0 saturated heterocycles. The Balaban J connectivity index is 1.58. The maximum Gasteiger partial charge on any atom is 0.258 e. The van der Waals surface area contributed by atoms with Crippen LogP contribution in [0.15, 0.2) is 59.4 Å². The molecule has 5 heteroatoms. The molecule has 0 radical (unpaired) electrons. The van der Waals surface area contributed by atoms with Crippen LogP contribution in [-0.4, -0.2) is 35.1 Å². The maximum absolute atomic E-state index is 12.2. The van der Waals surface area contributed by atoms with Gasteiger partial charge in [-0.15, -0.1) is 0 Å². The molecule has 0 aliphatic rings. The lowest BCUT2D eigenvalue weighted by Gasteiger charge is -2.24. The van der Waals surface area contributed by atoms with E-state index in [1.165, 1.54) is 0 Å². The second-order valence-electron chi connectivity index (χ2n) is 6.14. The van der Waals surface area contributed by atoms with Crippen LogP contribution in [0.3, 0.4) is 0 Å². The van der Waals surface area contributed by atoms with Gasteiger partial charge >= 0.3 is 0 Å². The van der Waals surface area contributed by atoms with Crippen molar-refractivity contribution in [3.63, 3.8) is 0 Å².